The van der Waals surface area contributed by atoms with Crippen LogP contribution in [0.25, 0.3) is 76.5 Å². The van der Waals surface area contributed by atoms with Crippen molar-refractivity contribution in [2.45, 2.75) is 0 Å². The Morgan fingerprint density at radius 2 is 0.792 bits per heavy atom. The molecule has 10 aromatic rings. The molecule has 0 aliphatic rings. The van der Waals surface area contributed by atoms with E-state index in [-0.39, 0.29) is 0 Å². The van der Waals surface area contributed by atoms with E-state index in [1.165, 1.54) is 76.5 Å². The quantitative estimate of drug-likeness (QED) is 0.159. The highest BCUT2D eigenvalue weighted by Gasteiger charge is 2.19. The van der Waals surface area contributed by atoms with Crippen LogP contribution in [-0.2, 0) is 0 Å². The standard InChI is InChI=1S/C52H35N/c1-2-14-36(15-3-1)46-32-33-52(50-26-11-10-24-48(46)50)53(42-20-12-19-39(34-42)44-27-13-18-37-16-4-6-21-43(37)44)41-30-28-38(29-31-41)51-35-40-17-5-7-22-45(40)47-23-8-9-25-49(47)51/h1-35H. The maximum absolute atomic E-state index is 2.42. The van der Waals surface area contributed by atoms with Gasteiger partial charge in [0.25, 0.3) is 0 Å². The Labute approximate surface area is 309 Å². The lowest BCUT2D eigenvalue weighted by Crippen LogP contribution is -2.11. The Balaban J connectivity index is 1.17. The number of rotatable bonds is 6. The summed E-state index contributed by atoms with van der Waals surface area (Å²) in [7, 11) is 0. The summed E-state index contributed by atoms with van der Waals surface area (Å²) in [4.78, 5) is 2.42. The summed E-state index contributed by atoms with van der Waals surface area (Å²) in [6.45, 7) is 0. The molecule has 1 nitrogen and oxygen atoms in total. The first kappa shape index (κ1) is 30.8. The molecule has 0 aliphatic heterocycles. The van der Waals surface area contributed by atoms with E-state index >= 15 is 0 Å². The van der Waals surface area contributed by atoms with Crippen molar-refractivity contribution in [3.63, 3.8) is 0 Å². The molecule has 0 radical (unpaired) electrons. The zero-order valence-electron chi connectivity index (χ0n) is 29.2. The third kappa shape index (κ3) is 5.42. The molecule has 0 spiro atoms. The van der Waals surface area contributed by atoms with Gasteiger partial charge in [-0.05, 0) is 107 Å². The molecular weight excluding hydrogens is 639 g/mol. The van der Waals surface area contributed by atoms with Gasteiger partial charge in [-0.3, -0.25) is 0 Å². The van der Waals surface area contributed by atoms with Gasteiger partial charge in [0.1, 0.15) is 0 Å². The van der Waals surface area contributed by atoms with Crippen molar-refractivity contribution >= 4 is 60.2 Å². The van der Waals surface area contributed by atoms with Crippen molar-refractivity contribution in [1.82, 2.24) is 0 Å². The minimum absolute atomic E-state index is 1.10. The number of fused-ring (bicyclic) bond motifs is 5. The predicted octanol–water partition coefficient (Wildman–Crippen LogP) is 14.8. The van der Waals surface area contributed by atoms with Gasteiger partial charge in [-0.25, -0.2) is 0 Å². The molecular formula is C52H35N. The summed E-state index contributed by atoms with van der Waals surface area (Å²) in [5.41, 5.74) is 10.7. The lowest BCUT2D eigenvalue weighted by Gasteiger charge is -2.28. The zero-order chi connectivity index (χ0) is 35.1. The number of benzene rings is 10. The van der Waals surface area contributed by atoms with Crippen LogP contribution in [0.1, 0.15) is 0 Å². The minimum Gasteiger partial charge on any atom is -0.310 e. The molecule has 0 bridgehead atoms. The van der Waals surface area contributed by atoms with Gasteiger partial charge in [0, 0.05) is 16.8 Å². The molecule has 0 aromatic heterocycles. The van der Waals surface area contributed by atoms with Gasteiger partial charge in [0.15, 0.2) is 0 Å². The summed E-state index contributed by atoms with van der Waals surface area (Å²) in [6.07, 6.45) is 0. The lowest BCUT2D eigenvalue weighted by molar-refractivity contribution is 1.30. The Bertz CT molecular complexity index is 2940. The van der Waals surface area contributed by atoms with E-state index in [0.717, 1.165) is 17.1 Å². The van der Waals surface area contributed by atoms with Crippen LogP contribution in [0, 0.1) is 0 Å². The van der Waals surface area contributed by atoms with Crippen molar-refractivity contribution < 1.29 is 0 Å². The van der Waals surface area contributed by atoms with Crippen LogP contribution >= 0.6 is 0 Å². The van der Waals surface area contributed by atoms with Gasteiger partial charge in [-0.15, -0.1) is 0 Å². The second-order valence-corrected chi connectivity index (χ2v) is 13.7. The summed E-state index contributed by atoms with van der Waals surface area (Å²) in [6, 6.07) is 77.2. The third-order valence-corrected chi connectivity index (χ3v) is 10.6. The highest BCUT2D eigenvalue weighted by Crippen LogP contribution is 2.44. The lowest BCUT2D eigenvalue weighted by atomic mass is 9.93. The molecule has 10 aromatic carbocycles. The molecule has 0 fully saturated rings. The highest BCUT2D eigenvalue weighted by atomic mass is 15.1. The number of anilines is 3. The Kier molecular flexibility index (Phi) is 7.55. The summed E-state index contributed by atoms with van der Waals surface area (Å²) >= 11 is 0. The first-order chi connectivity index (χ1) is 26.3. The fraction of sp³-hybridized carbons (Fsp3) is 0. The molecule has 0 saturated heterocycles. The maximum Gasteiger partial charge on any atom is 0.0540 e. The van der Waals surface area contributed by atoms with Crippen molar-refractivity contribution in [2.24, 2.45) is 0 Å². The predicted molar refractivity (Wildman–Crippen MR) is 227 cm³/mol. The van der Waals surface area contributed by atoms with E-state index in [1.54, 1.807) is 0 Å². The largest absolute Gasteiger partial charge is 0.310 e. The smallest absolute Gasteiger partial charge is 0.0540 e. The van der Waals surface area contributed by atoms with Crippen LogP contribution in [0.15, 0.2) is 212 Å². The first-order valence-electron chi connectivity index (χ1n) is 18.3. The summed E-state index contributed by atoms with van der Waals surface area (Å²) in [5.74, 6) is 0. The average molecular weight is 674 g/mol. The van der Waals surface area contributed by atoms with Gasteiger partial charge in [-0.1, -0.05) is 176 Å². The second-order valence-electron chi connectivity index (χ2n) is 13.7. The third-order valence-electron chi connectivity index (χ3n) is 10.6. The van der Waals surface area contributed by atoms with Crippen LogP contribution in [0.2, 0.25) is 0 Å². The molecule has 0 atom stereocenters. The molecule has 0 heterocycles. The molecule has 1 heteroatoms. The average Bonchev–Trinajstić information content (AvgIpc) is 3.24. The number of hydrogen-bond donors (Lipinski definition) is 0. The Morgan fingerprint density at radius 3 is 1.58 bits per heavy atom. The van der Waals surface area contributed by atoms with E-state index in [1.807, 2.05) is 0 Å². The van der Waals surface area contributed by atoms with Crippen LogP contribution < -0.4 is 4.90 Å². The van der Waals surface area contributed by atoms with E-state index in [9.17, 15) is 0 Å². The van der Waals surface area contributed by atoms with Crippen LogP contribution in [0.4, 0.5) is 17.1 Å². The SMILES string of the molecule is c1ccc(-c2ccc(N(c3ccc(-c4cc5ccccc5c5ccccc45)cc3)c3cccc(-c4cccc5ccccc45)c3)c3ccccc23)cc1. The van der Waals surface area contributed by atoms with Gasteiger partial charge in [-0.2, -0.15) is 0 Å². The van der Waals surface area contributed by atoms with Gasteiger partial charge in [0.05, 0.1) is 5.69 Å². The topological polar surface area (TPSA) is 3.24 Å². The minimum atomic E-state index is 1.10. The van der Waals surface area contributed by atoms with E-state index in [4.69, 9.17) is 0 Å². The molecule has 53 heavy (non-hydrogen) atoms. The molecule has 10 rings (SSSR count). The number of hydrogen-bond acceptors (Lipinski definition) is 1. The fourth-order valence-corrected chi connectivity index (χ4v) is 8.15. The van der Waals surface area contributed by atoms with E-state index < -0.39 is 0 Å². The molecule has 0 unspecified atom stereocenters. The fourth-order valence-electron chi connectivity index (χ4n) is 8.15. The monoisotopic (exact) mass is 673 g/mol. The van der Waals surface area contributed by atoms with Gasteiger partial charge < -0.3 is 4.90 Å². The summed E-state index contributed by atoms with van der Waals surface area (Å²) < 4.78 is 0. The molecule has 0 aliphatic carbocycles. The van der Waals surface area contributed by atoms with Gasteiger partial charge >= 0.3 is 0 Å². The van der Waals surface area contributed by atoms with Crippen molar-refractivity contribution in [2.75, 3.05) is 4.90 Å². The highest BCUT2D eigenvalue weighted by molar-refractivity contribution is 6.14. The molecule has 0 saturated carbocycles. The van der Waals surface area contributed by atoms with Crippen molar-refractivity contribution in [3.05, 3.63) is 212 Å². The molecule has 0 N–H and O–H groups in total. The normalized spacial score (nSPS) is 11.4. The van der Waals surface area contributed by atoms with Crippen molar-refractivity contribution in [3.8, 4) is 33.4 Å². The summed E-state index contributed by atoms with van der Waals surface area (Å²) in [5, 5.41) is 10.0. The molecule has 0 amide bonds. The first-order valence-corrected chi connectivity index (χ1v) is 18.3. The van der Waals surface area contributed by atoms with Crippen LogP contribution in [0.3, 0.4) is 0 Å². The zero-order valence-corrected chi connectivity index (χ0v) is 29.2. The van der Waals surface area contributed by atoms with Crippen LogP contribution in [-0.4, -0.2) is 0 Å². The van der Waals surface area contributed by atoms with Gasteiger partial charge in [0.2, 0.25) is 0 Å². The van der Waals surface area contributed by atoms with Crippen molar-refractivity contribution in [1.29, 1.82) is 0 Å². The van der Waals surface area contributed by atoms with Crippen LogP contribution in [0.5, 0.6) is 0 Å². The maximum atomic E-state index is 2.42. The van der Waals surface area contributed by atoms with E-state index in [0.29, 0.717) is 0 Å². The second kappa shape index (κ2) is 13.0. The van der Waals surface area contributed by atoms with E-state index in [2.05, 4.69) is 217 Å². The number of nitrogens with zero attached hydrogens (tertiary/aromatic N) is 1. The Morgan fingerprint density at radius 1 is 0.245 bits per heavy atom. The Hall–Kier alpha value is -6.96. The molecule has 248 valence electrons.